The van der Waals surface area contributed by atoms with Gasteiger partial charge in [-0.05, 0) is 51.4 Å². The summed E-state index contributed by atoms with van der Waals surface area (Å²) in [4.78, 5) is 13.2. The van der Waals surface area contributed by atoms with Gasteiger partial charge in [-0.3, -0.25) is 15.0 Å². The lowest BCUT2D eigenvalue weighted by molar-refractivity contribution is -0.384. The Kier molecular flexibility index (Phi) is 4.95. The molecule has 110 valence electrons. The quantitative estimate of drug-likeness (QED) is 0.663. The van der Waals surface area contributed by atoms with Gasteiger partial charge in [0, 0.05) is 18.7 Å². The van der Waals surface area contributed by atoms with Crippen molar-refractivity contribution in [2.24, 2.45) is 0 Å². The van der Waals surface area contributed by atoms with Crippen molar-refractivity contribution in [3.05, 3.63) is 33.9 Å². The van der Waals surface area contributed by atoms with Crippen molar-refractivity contribution >= 4 is 11.4 Å². The van der Waals surface area contributed by atoms with E-state index in [1.165, 1.54) is 19.3 Å². The number of nitrogens with one attached hydrogen (secondary N) is 1. The summed E-state index contributed by atoms with van der Waals surface area (Å²) in [5, 5.41) is 14.3. The minimum atomic E-state index is -0.319. The van der Waals surface area contributed by atoms with Gasteiger partial charge in [0.2, 0.25) is 0 Å². The molecule has 0 saturated carbocycles. The van der Waals surface area contributed by atoms with Crippen molar-refractivity contribution in [1.29, 1.82) is 0 Å². The van der Waals surface area contributed by atoms with Crippen LogP contribution < -0.4 is 5.32 Å². The Labute approximate surface area is 120 Å². The largest absolute Gasteiger partial charge is 0.378 e. The summed E-state index contributed by atoms with van der Waals surface area (Å²) in [6.07, 6.45) is 3.84. The third kappa shape index (κ3) is 3.70. The SMILES string of the molecule is Cc1ccc(NCC(C)N2CCCCC2)c([N+](=O)[O-])c1. The summed E-state index contributed by atoms with van der Waals surface area (Å²) in [5.74, 6) is 0. The molecular weight excluding hydrogens is 254 g/mol. The van der Waals surface area contributed by atoms with E-state index in [0.717, 1.165) is 25.2 Å². The van der Waals surface area contributed by atoms with Crippen LogP contribution in [0.2, 0.25) is 0 Å². The highest BCUT2D eigenvalue weighted by molar-refractivity contribution is 5.62. The topological polar surface area (TPSA) is 58.4 Å². The van der Waals surface area contributed by atoms with Crippen LogP contribution >= 0.6 is 0 Å². The van der Waals surface area contributed by atoms with E-state index in [2.05, 4.69) is 17.1 Å². The fourth-order valence-electron chi connectivity index (χ4n) is 2.69. The second-order valence-corrected chi connectivity index (χ2v) is 5.60. The molecule has 0 amide bonds. The number of anilines is 1. The van der Waals surface area contributed by atoms with Crippen LogP contribution in [0.25, 0.3) is 0 Å². The maximum atomic E-state index is 11.1. The normalized spacial score (nSPS) is 17.7. The maximum Gasteiger partial charge on any atom is 0.292 e. The van der Waals surface area contributed by atoms with Gasteiger partial charge in [0.1, 0.15) is 5.69 Å². The van der Waals surface area contributed by atoms with Crippen molar-refractivity contribution in [1.82, 2.24) is 4.90 Å². The molecule has 5 heteroatoms. The first-order valence-electron chi connectivity index (χ1n) is 7.31. The van der Waals surface area contributed by atoms with Gasteiger partial charge in [-0.1, -0.05) is 12.5 Å². The van der Waals surface area contributed by atoms with E-state index in [-0.39, 0.29) is 10.6 Å². The van der Waals surface area contributed by atoms with Crippen molar-refractivity contribution < 1.29 is 4.92 Å². The Bertz CT molecular complexity index is 470. The first-order valence-corrected chi connectivity index (χ1v) is 7.31. The zero-order valence-electron chi connectivity index (χ0n) is 12.3. The van der Waals surface area contributed by atoms with Crippen molar-refractivity contribution in [3.8, 4) is 0 Å². The highest BCUT2D eigenvalue weighted by Gasteiger charge is 2.18. The zero-order valence-corrected chi connectivity index (χ0v) is 12.3. The van der Waals surface area contributed by atoms with Gasteiger partial charge in [0.25, 0.3) is 5.69 Å². The fourth-order valence-corrected chi connectivity index (χ4v) is 2.69. The first kappa shape index (κ1) is 14.8. The van der Waals surface area contributed by atoms with Gasteiger partial charge >= 0.3 is 0 Å². The van der Waals surface area contributed by atoms with Gasteiger partial charge in [-0.25, -0.2) is 0 Å². The molecule has 1 unspecified atom stereocenters. The number of hydrogen-bond acceptors (Lipinski definition) is 4. The molecule has 5 nitrogen and oxygen atoms in total. The smallest absolute Gasteiger partial charge is 0.292 e. The summed E-state index contributed by atoms with van der Waals surface area (Å²) < 4.78 is 0. The number of nitrogens with zero attached hydrogens (tertiary/aromatic N) is 2. The van der Waals surface area contributed by atoms with Crippen molar-refractivity contribution in [2.75, 3.05) is 25.0 Å². The van der Waals surface area contributed by atoms with Crippen LogP contribution in [-0.4, -0.2) is 35.5 Å². The number of benzene rings is 1. The van der Waals surface area contributed by atoms with Crippen molar-refractivity contribution in [2.45, 2.75) is 39.2 Å². The highest BCUT2D eigenvalue weighted by atomic mass is 16.6. The molecule has 1 N–H and O–H groups in total. The summed E-state index contributed by atoms with van der Waals surface area (Å²) in [6.45, 7) is 7.06. The molecule has 2 rings (SSSR count). The van der Waals surface area contributed by atoms with Crippen LogP contribution in [0.5, 0.6) is 0 Å². The summed E-state index contributed by atoms with van der Waals surface area (Å²) in [6, 6.07) is 5.72. The molecule has 1 saturated heterocycles. The molecule has 0 bridgehead atoms. The lowest BCUT2D eigenvalue weighted by Crippen LogP contribution is -2.41. The first-order chi connectivity index (χ1) is 9.58. The number of piperidine rings is 1. The van der Waals surface area contributed by atoms with E-state index in [1.54, 1.807) is 12.1 Å². The van der Waals surface area contributed by atoms with Crippen LogP contribution in [0.3, 0.4) is 0 Å². The fraction of sp³-hybridized carbons (Fsp3) is 0.600. The molecule has 1 atom stereocenters. The van der Waals surface area contributed by atoms with Crippen LogP contribution in [0.15, 0.2) is 18.2 Å². The predicted octanol–water partition coefficient (Wildman–Crippen LogP) is 3.19. The number of nitro groups is 1. The third-order valence-corrected chi connectivity index (χ3v) is 3.95. The highest BCUT2D eigenvalue weighted by Crippen LogP contribution is 2.25. The second kappa shape index (κ2) is 6.70. The van der Waals surface area contributed by atoms with E-state index in [1.807, 2.05) is 13.0 Å². The average molecular weight is 277 g/mol. The number of likely N-dealkylation sites (tertiary alicyclic amines) is 1. The zero-order chi connectivity index (χ0) is 14.5. The van der Waals surface area contributed by atoms with E-state index in [4.69, 9.17) is 0 Å². The molecule has 0 spiro atoms. The second-order valence-electron chi connectivity index (χ2n) is 5.60. The molecular formula is C15H23N3O2. The average Bonchev–Trinajstić information content (AvgIpc) is 2.46. The van der Waals surface area contributed by atoms with E-state index >= 15 is 0 Å². The van der Waals surface area contributed by atoms with Crippen molar-refractivity contribution in [3.63, 3.8) is 0 Å². The molecule has 20 heavy (non-hydrogen) atoms. The molecule has 0 aromatic heterocycles. The molecule has 0 radical (unpaired) electrons. The number of aryl methyl sites for hydroxylation is 1. The van der Waals surface area contributed by atoms with Gasteiger partial charge < -0.3 is 5.32 Å². The Balaban J connectivity index is 1.97. The summed E-state index contributed by atoms with van der Waals surface area (Å²) in [7, 11) is 0. The van der Waals surface area contributed by atoms with Crippen LogP contribution in [0.1, 0.15) is 31.7 Å². The Morgan fingerprint density at radius 2 is 2.05 bits per heavy atom. The van der Waals surface area contributed by atoms with Crippen LogP contribution in [-0.2, 0) is 0 Å². The Morgan fingerprint density at radius 1 is 1.35 bits per heavy atom. The summed E-state index contributed by atoms with van der Waals surface area (Å²) >= 11 is 0. The van der Waals surface area contributed by atoms with Gasteiger partial charge in [0.05, 0.1) is 4.92 Å². The number of hydrogen-bond donors (Lipinski definition) is 1. The van der Waals surface area contributed by atoms with Gasteiger partial charge in [0.15, 0.2) is 0 Å². The summed E-state index contributed by atoms with van der Waals surface area (Å²) in [5.41, 5.74) is 1.69. The molecule has 1 aliphatic heterocycles. The third-order valence-electron chi connectivity index (χ3n) is 3.95. The monoisotopic (exact) mass is 277 g/mol. The Hall–Kier alpha value is -1.62. The molecule has 1 aromatic carbocycles. The molecule has 1 heterocycles. The lowest BCUT2D eigenvalue weighted by Gasteiger charge is -2.32. The van der Waals surface area contributed by atoms with Gasteiger partial charge in [-0.2, -0.15) is 0 Å². The lowest BCUT2D eigenvalue weighted by atomic mass is 10.1. The van der Waals surface area contributed by atoms with E-state index in [9.17, 15) is 10.1 Å². The minimum Gasteiger partial charge on any atom is -0.378 e. The molecule has 1 aromatic rings. The van der Waals surface area contributed by atoms with E-state index in [0.29, 0.717) is 11.7 Å². The number of rotatable bonds is 5. The number of nitro benzene ring substituents is 1. The van der Waals surface area contributed by atoms with Crippen LogP contribution in [0, 0.1) is 17.0 Å². The maximum absolute atomic E-state index is 11.1. The molecule has 1 aliphatic rings. The standard InChI is InChI=1S/C15H23N3O2/c1-12-6-7-14(15(10-12)18(19)20)16-11-13(2)17-8-4-3-5-9-17/h6-7,10,13,16H,3-5,8-9,11H2,1-2H3. The van der Waals surface area contributed by atoms with Crippen LogP contribution in [0.4, 0.5) is 11.4 Å². The molecule has 1 fully saturated rings. The Morgan fingerprint density at radius 3 is 2.70 bits per heavy atom. The predicted molar refractivity (Wildman–Crippen MR) is 81.2 cm³/mol. The van der Waals surface area contributed by atoms with E-state index < -0.39 is 0 Å². The molecule has 0 aliphatic carbocycles. The van der Waals surface area contributed by atoms with Gasteiger partial charge in [-0.15, -0.1) is 0 Å². The minimum absolute atomic E-state index is 0.163.